The minimum atomic E-state index is -0.986. The van der Waals surface area contributed by atoms with E-state index in [9.17, 15) is 24.5 Å². The molecule has 1 heterocycles. The largest absolute Gasteiger partial charge is 0.497 e. The predicted molar refractivity (Wildman–Crippen MR) is 129 cm³/mol. The van der Waals surface area contributed by atoms with Gasteiger partial charge in [-0.25, -0.2) is 4.90 Å². The molecular formula is C26H27N3O6. The molecule has 0 aromatic heterocycles. The fourth-order valence-electron chi connectivity index (χ4n) is 4.57. The summed E-state index contributed by atoms with van der Waals surface area (Å²) in [4.78, 5) is 53.0. The molecule has 1 aliphatic carbocycles. The van der Waals surface area contributed by atoms with Crippen LogP contribution in [-0.2, 0) is 9.59 Å². The SMILES string of the molecule is COc1ccc(N2C(=O)CC(N(CCC3=CCCCC3)C(=O)c3cccc([N+](=O)[O-])c3)C2=O)cc1. The average Bonchev–Trinajstić information content (AvgIpc) is 3.18. The number of amides is 3. The van der Waals surface area contributed by atoms with Crippen LogP contribution in [0.2, 0.25) is 0 Å². The van der Waals surface area contributed by atoms with E-state index in [2.05, 4.69) is 6.08 Å². The number of non-ortho nitro benzene ring substituents is 1. The molecule has 2 aromatic rings. The lowest BCUT2D eigenvalue weighted by Gasteiger charge is -2.28. The lowest BCUT2D eigenvalue weighted by atomic mass is 9.96. The van der Waals surface area contributed by atoms with E-state index in [1.54, 1.807) is 24.3 Å². The van der Waals surface area contributed by atoms with Crippen LogP contribution in [0.4, 0.5) is 11.4 Å². The van der Waals surface area contributed by atoms with E-state index in [4.69, 9.17) is 4.74 Å². The molecule has 0 radical (unpaired) electrons. The Morgan fingerprint density at radius 3 is 2.60 bits per heavy atom. The van der Waals surface area contributed by atoms with Crippen LogP contribution in [0.15, 0.2) is 60.2 Å². The van der Waals surface area contributed by atoms with Crippen molar-refractivity contribution in [1.29, 1.82) is 0 Å². The smallest absolute Gasteiger partial charge is 0.270 e. The van der Waals surface area contributed by atoms with Gasteiger partial charge in [-0.3, -0.25) is 24.5 Å². The van der Waals surface area contributed by atoms with Crippen molar-refractivity contribution < 1.29 is 24.0 Å². The summed E-state index contributed by atoms with van der Waals surface area (Å²) < 4.78 is 5.15. The standard InChI is InChI=1S/C26H27N3O6/c1-35-22-12-10-20(11-13-22)28-24(30)17-23(26(28)32)27(15-14-18-6-3-2-4-7-18)25(31)19-8-5-9-21(16-19)29(33)34/h5-6,8-13,16,23H,2-4,7,14-15,17H2,1H3. The number of hydrogen-bond acceptors (Lipinski definition) is 6. The van der Waals surface area contributed by atoms with E-state index in [1.807, 2.05) is 0 Å². The lowest BCUT2D eigenvalue weighted by molar-refractivity contribution is -0.384. The molecule has 1 atom stereocenters. The Bertz CT molecular complexity index is 1170. The van der Waals surface area contributed by atoms with Crippen LogP contribution in [0.1, 0.15) is 48.9 Å². The van der Waals surface area contributed by atoms with Crippen molar-refractivity contribution in [1.82, 2.24) is 4.90 Å². The minimum absolute atomic E-state index is 0.111. The molecule has 0 saturated carbocycles. The van der Waals surface area contributed by atoms with Gasteiger partial charge in [0.15, 0.2) is 0 Å². The molecule has 1 fully saturated rings. The predicted octanol–water partition coefficient (Wildman–Crippen LogP) is 4.27. The maximum atomic E-state index is 13.5. The number of nitro groups is 1. The number of hydrogen-bond donors (Lipinski definition) is 0. The number of imide groups is 1. The number of carbonyl (C=O) groups excluding carboxylic acids is 3. The Labute approximate surface area is 203 Å². The second kappa shape index (κ2) is 10.5. The second-order valence-electron chi connectivity index (χ2n) is 8.65. The Hall–Kier alpha value is -4.01. The normalized spacial score (nSPS) is 17.8. The summed E-state index contributed by atoms with van der Waals surface area (Å²) in [6, 6.07) is 11.0. The first-order valence-corrected chi connectivity index (χ1v) is 11.6. The minimum Gasteiger partial charge on any atom is -0.497 e. The van der Waals surface area contributed by atoms with Crippen LogP contribution < -0.4 is 9.64 Å². The first-order valence-electron chi connectivity index (χ1n) is 11.6. The summed E-state index contributed by atoms with van der Waals surface area (Å²) >= 11 is 0. The van der Waals surface area contributed by atoms with Gasteiger partial charge in [0.05, 0.1) is 24.1 Å². The van der Waals surface area contributed by atoms with Gasteiger partial charge in [0, 0.05) is 24.2 Å². The average molecular weight is 478 g/mol. The van der Waals surface area contributed by atoms with Gasteiger partial charge < -0.3 is 9.64 Å². The van der Waals surface area contributed by atoms with Crippen molar-refractivity contribution in [3.8, 4) is 5.75 Å². The number of carbonyl (C=O) groups is 3. The summed E-state index contributed by atoms with van der Waals surface area (Å²) in [6.45, 7) is 0.244. The van der Waals surface area contributed by atoms with E-state index in [-0.39, 0.29) is 24.2 Å². The van der Waals surface area contributed by atoms with Gasteiger partial charge in [-0.1, -0.05) is 17.7 Å². The zero-order chi connectivity index (χ0) is 24.9. The van der Waals surface area contributed by atoms with Crippen molar-refractivity contribution in [3.63, 3.8) is 0 Å². The van der Waals surface area contributed by atoms with Crippen LogP contribution >= 0.6 is 0 Å². The molecule has 9 nitrogen and oxygen atoms in total. The van der Waals surface area contributed by atoms with Gasteiger partial charge in [0.25, 0.3) is 17.5 Å². The zero-order valence-electron chi connectivity index (χ0n) is 19.5. The topological polar surface area (TPSA) is 110 Å². The van der Waals surface area contributed by atoms with Crippen molar-refractivity contribution in [3.05, 3.63) is 75.9 Å². The molecule has 1 saturated heterocycles. The van der Waals surface area contributed by atoms with Crippen molar-refractivity contribution in [2.45, 2.75) is 44.6 Å². The third-order valence-corrected chi connectivity index (χ3v) is 6.45. The molecule has 3 amide bonds. The van der Waals surface area contributed by atoms with Crippen molar-refractivity contribution in [2.24, 2.45) is 0 Å². The highest BCUT2D eigenvalue weighted by Gasteiger charge is 2.44. The number of nitro benzene ring substituents is 1. The highest BCUT2D eigenvalue weighted by molar-refractivity contribution is 6.23. The Balaban J connectivity index is 1.63. The Kier molecular flexibility index (Phi) is 7.24. The third kappa shape index (κ3) is 5.24. The van der Waals surface area contributed by atoms with Crippen LogP contribution in [0.5, 0.6) is 5.75 Å². The first kappa shape index (κ1) is 24.1. The van der Waals surface area contributed by atoms with Gasteiger partial charge in [0.2, 0.25) is 5.91 Å². The fraction of sp³-hybridized carbons (Fsp3) is 0.346. The zero-order valence-corrected chi connectivity index (χ0v) is 19.5. The maximum Gasteiger partial charge on any atom is 0.270 e. The molecule has 2 aromatic carbocycles. The Morgan fingerprint density at radius 1 is 1.17 bits per heavy atom. The van der Waals surface area contributed by atoms with E-state index < -0.39 is 28.7 Å². The first-order chi connectivity index (χ1) is 16.9. The highest BCUT2D eigenvalue weighted by atomic mass is 16.6. The monoisotopic (exact) mass is 477 g/mol. The molecular weight excluding hydrogens is 450 g/mol. The van der Waals surface area contributed by atoms with E-state index >= 15 is 0 Å². The molecule has 1 aliphatic heterocycles. The van der Waals surface area contributed by atoms with Gasteiger partial charge in [-0.2, -0.15) is 0 Å². The third-order valence-electron chi connectivity index (χ3n) is 6.45. The van der Waals surface area contributed by atoms with Gasteiger partial charge >= 0.3 is 0 Å². The summed E-state index contributed by atoms with van der Waals surface area (Å²) in [6.07, 6.45) is 6.74. The molecule has 2 aliphatic rings. The van der Waals surface area contributed by atoms with E-state index in [0.29, 0.717) is 17.9 Å². The highest BCUT2D eigenvalue weighted by Crippen LogP contribution is 2.30. The van der Waals surface area contributed by atoms with Gasteiger partial charge in [0.1, 0.15) is 11.8 Å². The number of rotatable bonds is 8. The van der Waals surface area contributed by atoms with Crippen LogP contribution in [0.25, 0.3) is 0 Å². The number of methoxy groups -OCH3 is 1. The molecule has 0 spiro atoms. The van der Waals surface area contributed by atoms with E-state index in [0.717, 1.165) is 30.6 Å². The van der Waals surface area contributed by atoms with Gasteiger partial charge in [-0.15, -0.1) is 0 Å². The lowest BCUT2D eigenvalue weighted by Crippen LogP contribution is -2.46. The summed E-state index contributed by atoms with van der Waals surface area (Å²) in [5.41, 5.74) is 1.53. The number of nitrogens with zero attached hydrogens (tertiary/aromatic N) is 3. The Morgan fingerprint density at radius 2 is 1.94 bits per heavy atom. The summed E-state index contributed by atoms with van der Waals surface area (Å²) in [5.74, 6) is -0.809. The maximum absolute atomic E-state index is 13.5. The fourth-order valence-corrected chi connectivity index (χ4v) is 4.57. The van der Waals surface area contributed by atoms with E-state index in [1.165, 1.54) is 41.8 Å². The van der Waals surface area contributed by atoms with Crippen molar-refractivity contribution in [2.75, 3.05) is 18.6 Å². The molecule has 182 valence electrons. The van der Waals surface area contributed by atoms with Crippen LogP contribution in [0.3, 0.4) is 0 Å². The molecule has 1 unspecified atom stereocenters. The number of benzene rings is 2. The molecule has 35 heavy (non-hydrogen) atoms. The number of ether oxygens (including phenoxy) is 1. The summed E-state index contributed by atoms with van der Waals surface area (Å²) in [7, 11) is 1.52. The molecule has 4 rings (SSSR count). The van der Waals surface area contributed by atoms with Crippen LogP contribution in [-0.4, -0.2) is 47.2 Å². The molecule has 0 bridgehead atoms. The quantitative estimate of drug-likeness (QED) is 0.243. The molecule has 0 N–H and O–H groups in total. The van der Waals surface area contributed by atoms with Gasteiger partial charge in [-0.05, 0) is 62.4 Å². The molecule has 9 heteroatoms. The van der Waals surface area contributed by atoms with Crippen molar-refractivity contribution >= 4 is 29.1 Å². The number of allylic oxidation sites excluding steroid dienone is 1. The summed E-state index contributed by atoms with van der Waals surface area (Å²) in [5, 5.41) is 11.2. The second-order valence-corrected chi connectivity index (χ2v) is 8.65. The van der Waals surface area contributed by atoms with Crippen LogP contribution in [0, 0.1) is 10.1 Å². The number of anilines is 1.